The summed E-state index contributed by atoms with van der Waals surface area (Å²) in [4.78, 5) is 1.88. The van der Waals surface area contributed by atoms with Crippen molar-refractivity contribution in [3.05, 3.63) is 23.7 Å². The molecule has 1 unspecified atom stereocenters. The third-order valence-electron chi connectivity index (χ3n) is 2.12. The highest BCUT2D eigenvalue weighted by atomic mass is 15.4. The largest absolute Gasteiger partial charge is 0.385 e. The van der Waals surface area contributed by atoms with Gasteiger partial charge in [-0.15, -0.1) is 0 Å². The Morgan fingerprint density at radius 3 is 2.77 bits per heavy atom. The van der Waals surface area contributed by atoms with E-state index in [2.05, 4.69) is 17.8 Å². The van der Waals surface area contributed by atoms with Crippen LogP contribution in [0.1, 0.15) is 6.92 Å². The van der Waals surface area contributed by atoms with Crippen LogP contribution < -0.4 is 16.6 Å². The van der Waals surface area contributed by atoms with Gasteiger partial charge in [-0.1, -0.05) is 6.92 Å². The van der Waals surface area contributed by atoms with Gasteiger partial charge in [-0.3, -0.25) is 0 Å². The molecule has 4 nitrogen and oxygen atoms in total. The van der Waals surface area contributed by atoms with Gasteiger partial charge in [0.05, 0.1) is 5.82 Å². The molecule has 0 aromatic heterocycles. The molecule has 1 atom stereocenters. The molecule has 4 heteroatoms. The molecule has 1 heterocycles. The summed E-state index contributed by atoms with van der Waals surface area (Å²) in [7, 11) is 3.85. The third-order valence-corrected chi connectivity index (χ3v) is 2.12. The molecule has 4 N–H and O–H groups in total. The number of nitrogens with two attached hydrogens (primary N) is 1. The lowest BCUT2D eigenvalue weighted by Crippen LogP contribution is -2.21. The first-order chi connectivity index (χ1) is 6.11. The molecule has 0 bridgehead atoms. The highest BCUT2D eigenvalue weighted by Gasteiger charge is 2.13. The van der Waals surface area contributed by atoms with Crippen LogP contribution in [0, 0.1) is 5.92 Å². The lowest BCUT2D eigenvalue weighted by Gasteiger charge is -2.11. The Labute approximate surface area is 79.4 Å². The van der Waals surface area contributed by atoms with Crippen molar-refractivity contribution in [3.63, 3.8) is 0 Å². The molecule has 0 spiro atoms. The molecule has 1 aliphatic rings. The third kappa shape index (κ3) is 2.66. The second-order valence-corrected chi connectivity index (χ2v) is 3.51. The molecule has 0 radical (unpaired) electrons. The van der Waals surface area contributed by atoms with Crippen LogP contribution in [0.25, 0.3) is 0 Å². The molecule has 0 amide bonds. The average molecular weight is 182 g/mol. The molecule has 1 fully saturated rings. The number of nitrogens with one attached hydrogen (secondary N) is 2. The lowest BCUT2D eigenvalue weighted by molar-refractivity contribution is 0.506. The molecule has 1 rings (SSSR count). The van der Waals surface area contributed by atoms with Crippen LogP contribution in [-0.2, 0) is 0 Å². The molecule has 0 saturated carbocycles. The van der Waals surface area contributed by atoms with E-state index < -0.39 is 0 Å². The number of allylic oxidation sites excluding steroid dienone is 2. The van der Waals surface area contributed by atoms with Gasteiger partial charge < -0.3 is 16.1 Å². The molecule has 1 saturated heterocycles. The van der Waals surface area contributed by atoms with E-state index in [9.17, 15) is 0 Å². The number of rotatable bonds is 2. The Hall–Kier alpha value is -1.16. The van der Waals surface area contributed by atoms with Crippen LogP contribution in [0.3, 0.4) is 0 Å². The smallest absolute Gasteiger partial charge is 0.0981 e. The van der Waals surface area contributed by atoms with Crippen LogP contribution in [0.15, 0.2) is 23.7 Å². The monoisotopic (exact) mass is 182 g/mol. The average Bonchev–Trinajstić information content (AvgIpc) is 2.47. The zero-order valence-electron chi connectivity index (χ0n) is 8.46. The van der Waals surface area contributed by atoms with Crippen LogP contribution in [0.5, 0.6) is 0 Å². The summed E-state index contributed by atoms with van der Waals surface area (Å²) in [5.74, 6) is 1.29. The zero-order valence-corrected chi connectivity index (χ0v) is 8.46. The summed E-state index contributed by atoms with van der Waals surface area (Å²) in [5.41, 5.74) is 13.1. The van der Waals surface area contributed by atoms with Gasteiger partial charge in [0.25, 0.3) is 0 Å². The first-order valence-electron chi connectivity index (χ1n) is 4.45. The number of hydrogen-bond acceptors (Lipinski definition) is 4. The van der Waals surface area contributed by atoms with E-state index >= 15 is 0 Å². The van der Waals surface area contributed by atoms with Gasteiger partial charge in [-0.25, -0.2) is 5.43 Å². The predicted octanol–water partition coefficient (Wildman–Crippen LogP) is -0.0241. The maximum Gasteiger partial charge on any atom is 0.0981 e. The molecule has 0 aromatic rings. The van der Waals surface area contributed by atoms with Crippen LogP contribution in [0.4, 0.5) is 0 Å². The van der Waals surface area contributed by atoms with Crippen LogP contribution in [0.2, 0.25) is 0 Å². The second kappa shape index (κ2) is 4.18. The molecule has 74 valence electrons. The summed E-state index contributed by atoms with van der Waals surface area (Å²) < 4.78 is 0. The van der Waals surface area contributed by atoms with Crippen LogP contribution >= 0.6 is 0 Å². The van der Waals surface area contributed by atoms with Gasteiger partial charge in [0, 0.05) is 32.3 Å². The maximum atomic E-state index is 5.73. The standard InChI is InChI=1S/C9H18N4/c1-7-6-11-12-8(7)4-5-9(10)13(2)3/h4-5,7,11-12H,6,10H2,1-3H3/b8-4+,9-5-. The SMILES string of the molecule is CC1CNN/C1=C/C=C(/N)N(C)C. The molecular weight excluding hydrogens is 164 g/mol. The van der Waals surface area contributed by atoms with Gasteiger partial charge in [-0.05, 0) is 12.2 Å². The van der Waals surface area contributed by atoms with Gasteiger partial charge in [0.15, 0.2) is 0 Å². The molecule has 1 aliphatic heterocycles. The number of hydrazine groups is 1. The minimum Gasteiger partial charge on any atom is -0.385 e. The highest BCUT2D eigenvalue weighted by Crippen LogP contribution is 2.10. The van der Waals surface area contributed by atoms with Crippen molar-refractivity contribution in [2.45, 2.75) is 6.92 Å². The van der Waals surface area contributed by atoms with Gasteiger partial charge in [0.2, 0.25) is 0 Å². The number of nitrogens with zero attached hydrogens (tertiary/aromatic N) is 1. The van der Waals surface area contributed by atoms with E-state index in [1.807, 2.05) is 31.1 Å². The highest BCUT2D eigenvalue weighted by molar-refractivity contribution is 5.17. The van der Waals surface area contributed by atoms with E-state index in [4.69, 9.17) is 5.73 Å². The van der Waals surface area contributed by atoms with Crippen molar-refractivity contribution < 1.29 is 0 Å². The van der Waals surface area contributed by atoms with Crippen molar-refractivity contribution in [1.29, 1.82) is 0 Å². The van der Waals surface area contributed by atoms with E-state index in [1.54, 1.807) is 0 Å². The molecule has 13 heavy (non-hydrogen) atoms. The minimum atomic E-state index is 0.534. The Morgan fingerprint density at radius 1 is 1.62 bits per heavy atom. The Bertz CT molecular complexity index is 230. The second-order valence-electron chi connectivity index (χ2n) is 3.51. The van der Waals surface area contributed by atoms with E-state index in [0.29, 0.717) is 5.92 Å². The molecular formula is C9H18N4. The van der Waals surface area contributed by atoms with Crippen molar-refractivity contribution >= 4 is 0 Å². The van der Waals surface area contributed by atoms with E-state index in [-0.39, 0.29) is 0 Å². The fourth-order valence-electron chi connectivity index (χ4n) is 1.07. The normalized spacial score (nSPS) is 26.2. The Balaban J connectivity index is 2.60. The van der Waals surface area contributed by atoms with E-state index in [0.717, 1.165) is 12.4 Å². The summed E-state index contributed by atoms with van der Waals surface area (Å²) in [6, 6.07) is 0. The van der Waals surface area contributed by atoms with Crippen molar-refractivity contribution in [2.75, 3.05) is 20.6 Å². The minimum absolute atomic E-state index is 0.534. The Kier molecular flexibility index (Phi) is 3.19. The lowest BCUT2D eigenvalue weighted by atomic mass is 10.1. The van der Waals surface area contributed by atoms with Crippen LogP contribution in [-0.4, -0.2) is 25.5 Å². The summed E-state index contributed by atoms with van der Waals surface area (Å²) in [6.07, 6.45) is 3.92. The quantitative estimate of drug-likeness (QED) is 0.561. The summed E-state index contributed by atoms with van der Waals surface area (Å²) in [6.45, 7) is 3.14. The topological polar surface area (TPSA) is 53.3 Å². The van der Waals surface area contributed by atoms with Crippen molar-refractivity contribution in [2.24, 2.45) is 11.7 Å². The summed E-state index contributed by atoms with van der Waals surface area (Å²) in [5, 5.41) is 0. The van der Waals surface area contributed by atoms with Crippen molar-refractivity contribution in [3.8, 4) is 0 Å². The van der Waals surface area contributed by atoms with E-state index in [1.165, 1.54) is 5.70 Å². The fourth-order valence-corrected chi connectivity index (χ4v) is 1.07. The molecule has 0 aliphatic carbocycles. The van der Waals surface area contributed by atoms with Crippen molar-refractivity contribution in [1.82, 2.24) is 15.8 Å². The molecule has 0 aromatic carbocycles. The van der Waals surface area contributed by atoms with Gasteiger partial charge in [-0.2, -0.15) is 0 Å². The van der Waals surface area contributed by atoms with Gasteiger partial charge in [0.1, 0.15) is 0 Å². The maximum absolute atomic E-state index is 5.73. The van der Waals surface area contributed by atoms with Gasteiger partial charge >= 0.3 is 0 Å². The summed E-state index contributed by atoms with van der Waals surface area (Å²) >= 11 is 0. The first-order valence-corrected chi connectivity index (χ1v) is 4.45. The predicted molar refractivity (Wildman–Crippen MR) is 54.3 cm³/mol. The first kappa shape index (κ1) is 9.92. The Morgan fingerprint density at radius 2 is 2.31 bits per heavy atom. The fraction of sp³-hybridized carbons (Fsp3) is 0.556. The number of hydrogen-bond donors (Lipinski definition) is 3. The zero-order chi connectivity index (χ0) is 9.84.